The summed E-state index contributed by atoms with van der Waals surface area (Å²) in [5.41, 5.74) is 1.13. The number of nitrogens with one attached hydrogen (secondary N) is 2. The van der Waals surface area contributed by atoms with E-state index in [4.69, 9.17) is 11.6 Å². The Balaban J connectivity index is 1.93. The van der Waals surface area contributed by atoms with E-state index in [1.165, 1.54) is 18.3 Å². The van der Waals surface area contributed by atoms with Crippen molar-refractivity contribution in [3.8, 4) is 0 Å². The van der Waals surface area contributed by atoms with Crippen LogP contribution in [0.3, 0.4) is 0 Å². The van der Waals surface area contributed by atoms with E-state index in [1.807, 2.05) is 0 Å². The number of carbonyl (C=O) groups is 1. The number of aromatic nitrogens is 1. The topological polar surface area (TPSA) is 54.0 Å². The van der Waals surface area contributed by atoms with Gasteiger partial charge >= 0.3 is 0 Å². The molecule has 0 radical (unpaired) electrons. The number of carbonyl (C=O) groups excluding carboxylic acids is 1. The fourth-order valence-corrected chi connectivity index (χ4v) is 2.18. The molecule has 1 aromatic carbocycles. The molecule has 0 aliphatic heterocycles. The average Bonchev–Trinajstić information content (AvgIpc) is 2.55. The van der Waals surface area contributed by atoms with Crippen LogP contribution >= 0.6 is 11.6 Å². The predicted octanol–water partition coefficient (Wildman–Crippen LogP) is 4.54. The van der Waals surface area contributed by atoms with Crippen molar-refractivity contribution in [1.29, 1.82) is 0 Å². The molecule has 2 aromatic rings. The number of hydrogen-bond donors (Lipinski definition) is 2. The molecular weight excluding hydrogens is 317 g/mol. The molecule has 1 aromatic heterocycles. The second-order valence-electron chi connectivity index (χ2n) is 5.15. The molecule has 0 bridgehead atoms. The highest BCUT2D eigenvalue weighted by molar-refractivity contribution is 6.31. The molecule has 0 fully saturated rings. The quantitative estimate of drug-likeness (QED) is 0.730. The van der Waals surface area contributed by atoms with Crippen LogP contribution in [0, 0.1) is 5.82 Å². The van der Waals surface area contributed by atoms with Crippen molar-refractivity contribution in [2.45, 2.75) is 26.2 Å². The van der Waals surface area contributed by atoms with Crippen LogP contribution in [-0.2, 0) is 0 Å². The van der Waals surface area contributed by atoms with Crippen molar-refractivity contribution in [1.82, 2.24) is 10.3 Å². The van der Waals surface area contributed by atoms with E-state index in [0.717, 1.165) is 19.3 Å². The number of benzene rings is 1. The van der Waals surface area contributed by atoms with Gasteiger partial charge in [0.15, 0.2) is 0 Å². The summed E-state index contributed by atoms with van der Waals surface area (Å²) in [6.45, 7) is 2.78. The smallest absolute Gasteiger partial charge is 0.252 e. The van der Waals surface area contributed by atoms with Crippen LogP contribution in [0.2, 0.25) is 5.02 Å². The van der Waals surface area contributed by atoms with Crippen LogP contribution in [0.4, 0.5) is 15.9 Å². The molecule has 2 rings (SSSR count). The zero-order valence-corrected chi connectivity index (χ0v) is 13.7. The number of hydrogen-bond acceptors (Lipinski definition) is 3. The van der Waals surface area contributed by atoms with Crippen molar-refractivity contribution in [2.24, 2.45) is 0 Å². The third kappa shape index (κ3) is 5.21. The molecule has 0 aliphatic rings. The lowest BCUT2D eigenvalue weighted by Gasteiger charge is -2.08. The predicted molar refractivity (Wildman–Crippen MR) is 90.8 cm³/mol. The Bertz CT molecular complexity index is 661. The van der Waals surface area contributed by atoms with Gasteiger partial charge in [-0.1, -0.05) is 31.4 Å². The van der Waals surface area contributed by atoms with Crippen LogP contribution < -0.4 is 10.6 Å². The molecule has 0 unspecified atom stereocenters. The highest BCUT2D eigenvalue weighted by Gasteiger charge is 2.06. The van der Waals surface area contributed by atoms with Crippen molar-refractivity contribution in [3.63, 3.8) is 0 Å². The van der Waals surface area contributed by atoms with E-state index in [0.29, 0.717) is 23.6 Å². The first kappa shape index (κ1) is 17.2. The molecule has 0 saturated heterocycles. The zero-order chi connectivity index (χ0) is 16.7. The number of amides is 1. The first-order valence-electron chi connectivity index (χ1n) is 7.56. The van der Waals surface area contributed by atoms with Crippen molar-refractivity contribution in [3.05, 3.63) is 52.9 Å². The third-order valence-corrected chi connectivity index (χ3v) is 3.57. The summed E-state index contributed by atoms with van der Waals surface area (Å²) < 4.78 is 13.1. The second kappa shape index (κ2) is 8.48. The normalized spacial score (nSPS) is 10.4. The molecule has 0 saturated carbocycles. The molecule has 0 spiro atoms. The molecule has 2 N–H and O–H groups in total. The lowest BCUT2D eigenvalue weighted by Crippen LogP contribution is -2.24. The minimum absolute atomic E-state index is 0.0399. The largest absolute Gasteiger partial charge is 0.352 e. The minimum Gasteiger partial charge on any atom is -0.352 e. The zero-order valence-electron chi connectivity index (χ0n) is 12.9. The molecule has 122 valence electrons. The van der Waals surface area contributed by atoms with Gasteiger partial charge in [0.25, 0.3) is 5.91 Å². The lowest BCUT2D eigenvalue weighted by molar-refractivity contribution is 0.0952. The van der Waals surface area contributed by atoms with Gasteiger partial charge in [-0.3, -0.25) is 4.79 Å². The SMILES string of the molecule is CCCCCNC(=O)c1ccc(Nc2ccc(F)c(Cl)c2)nc1. The summed E-state index contributed by atoms with van der Waals surface area (Å²) in [6, 6.07) is 7.71. The fourth-order valence-electron chi connectivity index (χ4n) is 2.00. The monoisotopic (exact) mass is 335 g/mol. The van der Waals surface area contributed by atoms with E-state index in [-0.39, 0.29) is 10.9 Å². The summed E-state index contributed by atoms with van der Waals surface area (Å²) in [4.78, 5) is 16.1. The molecule has 0 aliphatic carbocycles. The Morgan fingerprint density at radius 1 is 1.26 bits per heavy atom. The standard InChI is InChI=1S/C17H19ClFN3O/c1-2-3-4-9-20-17(23)12-5-8-16(21-11-12)22-13-6-7-15(19)14(18)10-13/h5-8,10-11H,2-4,9H2,1H3,(H,20,23)(H,21,22). The average molecular weight is 336 g/mol. The summed E-state index contributed by atoms with van der Waals surface area (Å²) >= 11 is 5.73. The summed E-state index contributed by atoms with van der Waals surface area (Å²) in [5.74, 6) is -0.0551. The Labute approximate surface area is 140 Å². The number of nitrogens with zero attached hydrogens (tertiary/aromatic N) is 1. The maximum absolute atomic E-state index is 13.1. The van der Waals surface area contributed by atoms with Crippen LogP contribution in [0.15, 0.2) is 36.5 Å². The molecule has 1 heterocycles. The second-order valence-corrected chi connectivity index (χ2v) is 5.56. The maximum atomic E-state index is 13.1. The molecule has 0 atom stereocenters. The summed E-state index contributed by atoms with van der Waals surface area (Å²) in [5, 5.41) is 5.90. The number of pyridine rings is 1. The van der Waals surface area contributed by atoms with Gasteiger partial charge in [-0.2, -0.15) is 0 Å². The molecule has 4 nitrogen and oxygen atoms in total. The number of anilines is 2. The van der Waals surface area contributed by atoms with Crippen molar-refractivity contribution >= 4 is 29.0 Å². The van der Waals surface area contributed by atoms with Gasteiger partial charge in [0.1, 0.15) is 11.6 Å². The minimum atomic E-state index is -0.472. The van der Waals surface area contributed by atoms with Gasteiger partial charge < -0.3 is 10.6 Å². The maximum Gasteiger partial charge on any atom is 0.252 e. The van der Waals surface area contributed by atoms with E-state index >= 15 is 0 Å². The van der Waals surface area contributed by atoms with E-state index < -0.39 is 5.82 Å². The number of unbranched alkanes of at least 4 members (excludes halogenated alkanes) is 2. The van der Waals surface area contributed by atoms with E-state index in [9.17, 15) is 9.18 Å². The van der Waals surface area contributed by atoms with E-state index in [2.05, 4.69) is 22.5 Å². The van der Waals surface area contributed by atoms with Gasteiger partial charge in [-0.15, -0.1) is 0 Å². The molecule has 6 heteroatoms. The first-order valence-corrected chi connectivity index (χ1v) is 7.94. The highest BCUT2D eigenvalue weighted by atomic mass is 35.5. The van der Waals surface area contributed by atoms with Crippen LogP contribution in [-0.4, -0.2) is 17.4 Å². The van der Waals surface area contributed by atoms with Crippen molar-refractivity contribution < 1.29 is 9.18 Å². The van der Waals surface area contributed by atoms with Gasteiger partial charge in [-0.25, -0.2) is 9.37 Å². The van der Waals surface area contributed by atoms with Gasteiger partial charge in [0.2, 0.25) is 0 Å². The van der Waals surface area contributed by atoms with Crippen molar-refractivity contribution in [2.75, 3.05) is 11.9 Å². The summed E-state index contributed by atoms with van der Waals surface area (Å²) in [6.07, 6.45) is 4.69. The first-order chi connectivity index (χ1) is 11.1. The van der Waals surface area contributed by atoms with Gasteiger partial charge in [0, 0.05) is 18.4 Å². The van der Waals surface area contributed by atoms with Gasteiger partial charge in [-0.05, 0) is 36.8 Å². The Morgan fingerprint density at radius 3 is 2.74 bits per heavy atom. The molecular formula is C17H19ClFN3O. The molecule has 1 amide bonds. The highest BCUT2D eigenvalue weighted by Crippen LogP contribution is 2.21. The van der Waals surface area contributed by atoms with Crippen LogP contribution in [0.5, 0.6) is 0 Å². The molecule has 23 heavy (non-hydrogen) atoms. The van der Waals surface area contributed by atoms with E-state index in [1.54, 1.807) is 18.2 Å². The fraction of sp³-hybridized carbons (Fsp3) is 0.294. The number of halogens is 2. The Kier molecular flexibility index (Phi) is 6.35. The Morgan fingerprint density at radius 2 is 2.09 bits per heavy atom. The Hall–Kier alpha value is -2.14. The number of rotatable bonds is 7. The summed E-state index contributed by atoms with van der Waals surface area (Å²) in [7, 11) is 0. The van der Waals surface area contributed by atoms with Crippen LogP contribution in [0.25, 0.3) is 0 Å². The lowest BCUT2D eigenvalue weighted by atomic mass is 10.2. The third-order valence-electron chi connectivity index (χ3n) is 3.28. The van der Waals surface area contributed by atoms with Crippen LogP contribution in [0.1, 0.15) is 36.5 Å². The van der Waals surface area contributed by atoms with Gasteiger partial charge in [0.05, 0.1) is 10.6 Å².